The molecule has 9 heteroatoms. The molecule has 7 nitrogen and oxygen atoms in total. The van der Waals surface area contributed by atoms with Gasteiger partial charge in [-0.3, -0.25) is 13.9 Å². The number of para-hydroxylation sites is 1. The Morgan fingerprint density at radius 1 is 1.09 bits per heavy atom. The van der Waals surface area contributed by atoms with E-state index in [9.17, 15) is 18.0 Å². The van der Waals surface area contributed by atoms with E-state index in [4.69, 9.17) is 11.6 Å². The number of nitrogens with zero attached hydrogens (tertiary/aromatic N) is 2. The van der Waals surface area contributed by atoms with Crippen LogP contribution in [0.4, 0.5) is 5.69 Å². The molecule has 0 saturated heterocycles. The van der Waals surface area contributed by atoms with Crippen molar-refractivity contribution in [2.75, 3.05) is 17.1 Å². The summed E-state index contributed by atoms with van der Waals surface area (Å²) in [5, 5.41) is 3.40. The topological polar surface area (TPSA) is 86.8 Å². The lowest BCUT2D eigenvalue weighted by Gasteiger charge is -2.33. The van der Waals surface area contributed by atoms with Crippen LogP contribution < -0.4 is 9.62 Å². The minimum atomic E-state index is -3.77. The van der Waals surface area contributed by atoms with Crippen LogP contribution >= 0.6 is 11.6 Å². The molecule has 0 unspecified atom stereocenters. The molecular weight excluding hydrogens is 474 g/mol. The first kappa shape index (κ1) is 27.7. The summed E-state index contributed by atoms with van der Waals surface area (Å²) in [5.41, 5.74) is 1.50. The maximum atomic E-state index is 13.6. The number of nitrogens with one attached hydrogen (secondary N) is 1. The molecule has 2 amide bonds. The Kier molecular flexibility index (Phi) is 9.14. The average molecular weight is 508 g/mol. The average Bonchev–Trinajstić information content (AvgIpc) is 2.73. The maximum absolute atomic E-state index is 13.6. The van der Waals surface area contributed by atoms with E-state index in [1.54, 1.807) is 43.3 Å². The minimum Gasteiger partial charge on any atom is -0.350 e. The SMILES string of the molecule is CCc1ccccc1N(CC(=O)N(Cc1cccc(Cl)c1)[C@@H](C)C(=O)NC(C)(C)C)S(C)(=O)=O. The highest BCUT2D eigenvalue weighted by Crippen LogP contribution is 2.24. The fraction of sp³-hybridized carbons (Fsp3) is 0.440. The molecule has 186 valence electrons. The Balaban J connectivity index is 2.44. The van der Waals surface area contributed by atoms with Gasteiger partial charge in [0, 0.05) is 17.1 Å². The van der Waals surface area contributed by atoms with Crippen molar-refractivity contribution in [3.8, 4) is 0 Å². The molecule has 1 N–H and O–H groups in total. The van der Waals surface area contributed by atoms with Gasteiger partial charge >= 0.3 is 0 Å². The lowest BCUT2D eigenvalue weighted by molar-refractivity contribution is -0.140. The Hall–Kier alpha value is -2.58. The van der Waals surface area contributed by atoms with Crippen LogP contribution in [-0.2, 0) is 32.6 Å². The molecule has 0 aliphatic rings. The van der Waals surface area contributed by atoms with E-state index < -0.39 is 34.1 Å². The fourth-order valence-electron chi connectivity index (χ4n) is 3.54. The van der Waals surface area contributed by atoms with Crippen molar-refractivity contribution in [1.29, 1.82) is 0 Å². The smallest absolute Gasteiger partial charge is 0.244 e. The van der Waals surface area contributed by atoms with Crippen LogP contribution in [0, 0.1) is 0 Å². The zero-order chi connectivity index (χ0) is 25.7. The predicted octanol–water partition coefficient (Wildman–Crippen LogP) is 4.00. The molecule has 0 spiro atoms. The van der Waals surface area contributed by atoms with Crippen molar-refractivity contribution in [3.63, 3.8) is 0 Å². The summed E-state index contributed by atoms with van der Waals surface area (Å²) in [6.07, 6.45) is 1.68. The molecule has 2 aromatic rings. The molecule has 2 aromatic carbocycles. The normalized spacial score (nSPS) is 12.7. The number of hydrogen-bond acceptors (Lipinski definition) is 4. The minimum absolute atomic E-state index is 0.102. The third kappa shape index (κ3) is 7.74. The highest BCUT2D eigenvalue weighted by molar-refractivity contribution is 7.92. The van der Waals surface area contributed by atoms with Gasteiger partial charge in [0.2, 0.25) is 21.8 Å². The van der Waals surface area contributed by atoms with Gasteiger partial charge in [-0.25, -0.2) is 8.42 Å². The number of halogens is 1. The van der Waals surface area contributed by atoms with Gasteiger partial charge in [-0.2, -0.15) is 0 Å². The Morgan fingerprint density at radius 2 is 1.74 bits per heavy atom. The summed E-state index contributed by atoms with van der Waals surface area (Å²) < 4.78 is 26.5. The summed E-state index contributed by atoms with van der Waals surface area (Å²) in [6, 6.07) is 13.3. The highest BCUT2D eigenvalue weighted by Gasteiger charge is 2.31. The number of benzene rings is 2. The molecule has 0 aliphatic heterocycles. The first-order valence-corrected chi connectivity index (χ1v) is 13.4. The highest BCUT2D eigenvalue weighted by atomic mass is 35.5. The lowest BCUT2D eigenvalue weighted by atomic mass is 10.1. The predicted molar refractivity (Wildman–Crippen MR) is 137 cm³/mol. The Bertz CT molecular complexity index is 1130. The second-order valence-electron chi connectivity index (χ2n) is 9.32. The van der Waals surface area contributed by atoms with Crippen LogP contribution in [0.3, 0.4) is 0 Å². The number of amides is 2. The summed E-state index contributed by atoms with van der Waals surface area (Å²) >= 11 is 6.12. The van der Waals surface area contributed by atoms with Crippen LogP contribution in [0.25, 0.3) is 0 Å². The molecule has 0 radical (unpaired) electrons. The number of rotatable bonds is 9. The van der Waals surface area contributed by atoms with Crippen molar-refractivity contribution in [2.24, 2.45) is 0 Å². The van der Waals surface area contributed by atoms with E-state index in [0.29, 0.717) is 17.1 Å². The summed E-state index contributed by atoms with van der Waals surface area (Å²) in [5.74, 6) is -0.824. The number of sulfonamides is 1. The van der Waals surface area contributed by atoms with Gasteiger partial charge in [0.1, 0.15) is 12.6 Å². The van der Waals surface area contributed by atoms with Crippen molar-refractivity contribution in [2.45, 2.75) is 59.2 Å². The van der Waals surface area contributed by atoms with Crippen molar-refractivity contribution in [3.05, 3.63) is 64.7 Å². The monoisotopic (exact) mass is 507 g/mol. The van der Waals surface area contributed by atoms with Crippen molar-refractivity contribution >= 4 is 39.1 Å². The molecule has 0 fully saturated rings. The molecule has 34 heavy (non-hydrogen) atoms. The zero-order valence-corrected chi connectivity index (χ0v) is 22.2. The fourth-order valence-corrected chi connectivity index (χ4v) is 4.63. The lowest BCUT2D eigenvalue weighted by Crippen LogP contribution is -2.54. The van der Waals surface area contributed by atoms with Crippen molar-refractivity contribution < 1.29 is 18.0 Å². The van der Waals surface area contributed by atoms with Crippen LogP contribution in [0.2, 0.25) is 5.02 Å². The Labute approximate surface area is 208 Å². The number of carbonyl (C=O) groups excluding carboxylic acids is 2. The summed E-state index contributed by atoms with van der Waals surface area (Å²) in [4.78, 5) is 27.9. The van der Waals surface area contributed by atoms with Crippen LogP contribution in [-0.4, -0.2) is 49.5 Å². The molecule has 0 aliphatic carbocycles. The molecule has 0 aromatic heterocycles. The van der Waals surface area contributed by atoms with Gasteiger partial charge in [0.15, 0.2) is 0 Å². The largest absolute Gasteiger partial charge is 0.350 e. The molecule has 1 atom stereocenters. The number of carbonyl (C=O) groups is 2. The molecule has 2 rings (SSSR count). The van der Waals surface area contributed by atoms with E-state index in [1.165, 1.54) is 4.90 Å². The molecular formula is C25H34ClN3O4S. The number of anilines is 1. The van der Waals surface area contributed by atoms with Gasteiger partial charge < -0.3 is 10.2 Å². The van der Waals surface area contributed by atoms with Gasteiger partial charge in [0.05, 0.1) is 11.9 Å². The van der Waals surface area contributed by atoms with Crippen LogP contribution in [0.1, 0.15) is 45.7 Å². The molecule has 0 saturated carbocycles. The summed E-state index contributed by atoms with van der Waals surface area (Å²) in [7, 11) is -3.77. The van der Waals surface area contributed by atoms with Gasteiger partial charge in [-0.15, -0.1) is 0 Å². The Morgan fingerprint density at radius 3 is 2.29 bits per heavy atom. The zero-order valence-electron chi connectivity index (χ0n) is 20.6. The quantitative estimate of drug-likeness (QED) is 0.555. The first-order chi connectivity index (χ1) is 15.7. The maximum Gasteiger partial charge on any atom is 0.244 e. The van der Waals surface area contributed by atoms with Crippen molar-refractivity contribution in [1.82, 2.24) is 10.2 Å². The van der Waals surface area contributed by atoms with Crippen LogP contribution in [0.15, 0.2) is 48.5 Å². The third-order valence-corrected chi connectivity index (χ3v) is 6.59. The number of aryl methyl sites for hydroxylation is 1. The van der Waals surface area contributed by atoms with Gasteiger partial charge in [-0.1, -0.05) is 48.9 Å². The standard InChI is InChI=1S/C25H34ClN3O4S/c1-7-20-12-8-9-14-22(20)29(34(6,32)33)17-23(30)28(16-19-11-10-13-21(26)15-19)18(2)24(31)27-25(3,4)5/h8-15,18H,7,16-17H2,1-6H3,(H,27,31)/t18-/m0/s1. The second-order valence-corrected chi connectivity index (χ2v) is 11.7. The van der Waals surface area contributed by atoms with E-state index in [2.05, 4.69) is 5.32 Å². The van der Waals surface area contributed by atoms with E-state index >= 15 is 0 Å². The van der Waals surface area contributed by atoms with Crippen LogP contribution in [0.5, 0.6) is 0 Å². The molecule has 0 heterocycles. The second kappa shape index (κ2) is 11.2. The first-order valence-electron chi connectivity index (χ1n) is 11.1. The van der Waals surface area contributed by atoms with Gasteiger partial charge in [0.25, 0.3) is 0 Å². The van der Waals surface area contributed by atoms with E-state index in [-0.39, 0.29) is 12.5 Å². The third-order valence-electron chi connectivity index (χ3n) is 5.23. The number of hydrogen-bond donors (Lipinski definition) is 1. The molecule has 0 bridgehead atoms. The summed E-state index contributed by atoms with van der Waals surface area (Å²) in [6.45, 7) is 8.80. The van der Waals surface area contributed by atoms with Gasteiger partial charge in [-0.05, 0) is 63.4 Å². The van der Waals surface area contributed by atoms with E-state index in [0.717, 1.165) is 21.7 Å². The van der Waals surface area contributed by atoms with E-state index in [1.807, 2.05) is 39.8 Å².